The standard InChI is InChI=1S/C7H4BrClF2IN/c8-1-3-5(9)4(12)2-13-6(3)7(10)11/h2,7H,1H2. The van der Waals surface area contributed by atoms with Gasteiger partial charge in [0, 0.05) is 17.1 Å². The molecule has 1 heterocycles. The second kappa shape index (κ2) is 4.84. The van der Waals surface area contributed by atoms with E-state index in [1.165, 1.54) is 6.20 Å². The summed E-state index contributed by atoms with van der Waals surface area (Å²) >= 11 is 10.9. The van der Waals surface area contributed by atoms with Crippen LogP contribution >= 0.6 is 50.1 Å². The maximum Gasteiger partial charge on any atom is 0.280 e. The second-order valence-corrected chi connectivity index (χ2v) is 4.32. The highest BCUT2D eigenvalue weighted by Gasteiger charge is 2.18. The van der Waals surface area contributed by atoms with Crippen molar-refractivity contribution < 1.29 is 8.78 Å². The summed E-state index contributed by atoms with van der Waals surface area (Å²) in [5, 5.41) is 0.637. The van der Waals surface area contributed by atoms with Crippen LogP contribution in [-0.2, 0) is 5.33 Å². The summed E-state index contributed by atoms with van der Waals surface area (Å²) in [6.07, 6.45) is -1.24. The average Bonchev–Trinajstić information content (AvgIpc) is 2.09. The van der Waals surface area contributed by atoms with E-state index in [1.54, 1.807) is 0 Å². The van der Waals surface area contributed by atoms with Crippen molar-refractivity contribution in [3.63, 3.8) is 0 Å². The Kier molecular flexibility index (Phi) is 4.31. The van der Waals surface area contributed by atoms with Crippen molar-refractivity contribution in [1.29, 1.82) is 0 Å². The van der Waals surface area contributed by atoms with E-state index in [1.807, 2.05) is 22.6 Å². The van der Waals surface area contributed by atoms with E-state index in [0.717, 1.165) is 0 Å². The van der Waals surface area contributed by atoms with E-state index in [-0.39, 0.29) is 11.0 Å². The second-order valence-electron chi connectivity index (χ2n) is 2.22. The lowest BCUT2D eigenvalue weighted by Gasteiger charge is -2.08. The van der Waals surface area contributed by atoms with E-state index < -0.39 is 6.43 Å². The van der Waals surface area contributed by atoms with Gasteiger partial charge in [-0.05, 0) is 22.6 Å². The van der Waals surface area contributed by atoms with Gasteiger partial charge < -0.3 is 0 Å². The molecule has 1 nitrogen and oxygen atoms in total. The van der Waals surface area contributed by atoms with Crippen LogP contribution in [0.25, 0.3) is 0 Å². The number of rotatable bonds is 2. The monoisotopic (exact) mass is 381 g/mol. The molecule has 0 saturated carbocycles. The highest BCUT2D eigenvalue weighted by Crippen LogP contribution is 2.31. The summed E-state index contributed by atoms with van der Waals surface area (Å²) in [6, 6.07) is 0. The molecule has 1 rings (SSSR count). The maximum atomic E-state index is 12.4. The van der Waals surface area contributed by atoms with Crippen molar-refractivity contribution in [2.24, 2.45) is 0 Å². The molecule has 0 aromatic carbocycles. The molecule has 0 bridgehead atoms. The first-order valence-electron chi connectivity index (χ1n) is 3.24. The molecule has 0 N–H and O–H groups in total. The van der Waals surface area contributed by atoms with Gasteiger partial charge >= 0.3 is 0 Å². The number of nitrogens with zero attached hydrogens (tertiary/aromatic N) is 1. The zero-order chi connectivity index (χ0) is 10.0. The van der Waals surface area contributed by atoms with Gasteiger partial charge in [-0.25, -0.2) is 8.78 Å². The van der Waals surface area contributed by atoms with Gasteiger partial charge in [0.2, 0.25) is 0 Å². The van der Waals surface area contributed by atoms with Crippen molar-refractivity contribution in [3.05, 3.63) is 26.0 Å². The molecular weight excluding hydrogens is 378 g/mol. The normalized spacial score (nSPS) is 10.9. The van der Waals surface area contributed by atoms with Crippen LogP contribution in [0.4, 0.5) is 8.78 Å². The smallest absolute Gasteiger partial charge is 0.254 e. The molecule has 6 heteroatoms. The van der Waals surface area contributed by atoms with Gasteiger partial charge in [-0.2, -0.15) is 0 Å². The Morgan fingerprint density at radius 3 is 2.69 bits per heavy atom. The lowest BCUT2D eigenvalue weighted by atomic mass is 10.2. The van der Waals surface area contributed by atoms with Gasteiger partial charge in [0.05, 0.1) is 8.59 Å². The van der Waals surface area contributed by atoms with E-state index in [0.29, 0.717) is 14.2 Å². The third-order valence-electron chi connectivity index (χ3n) is 1.44. The number of alkyl halides is 3. The molecule has 0 radical (unpaired) electrons. The molecule has 0 aliphatic carbocycles. The molecule has 0 amide bonds. The van der Waals surface area contributed by atoms with Gasteiger partial charge in [-0.1, -0.05) is 27.5 Å². The Balaban J connectivity index is 3.30. The Labute approximate surface area is 101 Å². The number of pyridine rings is 1. The highest BCUT2D eigenvalue weighted by molar-refractivity contribution is 14.1. The fraction of sp³-hybridized carbons (Fsp3) is 0.286. The predicted octanol–water partition coefficient (Wildman–Crippen LogP) is 4.17. The van der Waals surface area contributed by atoms with Crippen LogP contribution < -0.4 is 0 Å². The molecule has 0 unspecified atom stereocenters. The largest absolute Gasteiger partial charge is 0.280 e. The Bertz CT molecular complexity index is 322. The number of hydrogen-bond acceptors (Lipinski definition) is 1. The number of aromatic nitrogens is 1. The molecule has 0 aliphatic rings. The van der Waals surface area contributed by atoms with Crippen molar-refractivity contribution in [3.8, 4) is 0 Å². The van der Waals surface area contributed by atoms with Crippen LogP contribution in [0.1, 0.15) is 17.7 Å². The van der Waals surface area contributed by atoms with Crippen LogP contribution in [0.2, 0.25) is 5.02 Å². The van der Waals surface area contributed by atoms with Crippen molar-refractivity contribution >= 4 is 50.1 Å². The van der Waals surface area contributed by atoms with Gasteiger partial charge in [0.15, 0.2) is 0 Å². The zero-order valence-corrected chi connectivity index (χ0v) is 10.7. The number of hydrogen-bond donors (Lipinski definition) is 0. The first-order valence-corrected chi connectivity index (χ1v) is 5.82. The Morgan fingerprint density at radius 2 is 2.23 bits per heavy atom. The molecule has 0 saturated heterocycles. The van der Waals surface area contributed by atoms with Gasteiger partial charge in [-0.15, -0.1) is 0 Å². The molecule has 72 valence electrons. The molecule has 0 aliphatic heterocycles. The van der Waals surface area contributed by atoms with E-state index in [2.05, 4.69) is 20.9 Å². The molecule has 0 spiro atoms. The Hall–Kier alpha value is 0.510. The van der Waals surface area contributed by atoms with E-state index >= 15 is 0 Å². The van der Waals surface area contributed by atoms with Crippen LogP contribution in [-0.4, -0.2) is 4.98 Å². The quantitative estimate of drug-likeness (QED) is 0.553. The minimum Gasteiger partial charge on any atom is -0.254 e. The van der Waals surface area contributed by atoms with Crippen LogP contribution in [0.15, 0.2) is 6.20 Å². The highest BCUT2D eigenvalue weighted by atomic mass is 127. The first-order chi connectivity index (χ1) is 6.07. The van der Waals surface area contributed by atoms with Crippen LogP contribution in [0.3, 0.4) is 0 Å². The first kappa shape index (κ1) is 11.6. The molecule has 0 fully saturated rings. The predicted molar refractivity (Wildman–Crippen MR) is 59.6 cm³/mol. The lowest BCUT2D eigenvalue weighted by molar-refractivity contribution is 0.145. The topological polar surface area (TPSA) is 12.9 Å². The fourth-order valence-corrected chi connectivity index (χ4v) is 2.24. The summed E-state index contributed by atoms with van der Waals surface area (Å²) in [5.74, 6) is 0. The minimum absolute atomic E-state index is 0.248. The van der Waals surface area contributed by atoms with Crippen LogP contribution in [0, 0.1) is 3.57 Å². The zero-order valence-electron chi connectivity index (χ0n) is 6.20. The van der Waals surface area contributed by atoms with Crippen LogP contribution in [0.5, 0.6) is 0 Å². The molecule has 13 heavy (non-hydrogen) atoms. The summed E-state index contributed by atoms with van der Waals surface area (Å²) < 4.78 is 25.4. The summed E-state index contributed by atoms with van der Waals surface area (Å²) in [4.78, 5) is 3.64. The van der Waals surface area contributed by atoms with E-state index in [4.69, 9.17) is 11.6 Å². The van der Waals surface area contributed by atoms with Crippen molar-refractivity contribution in [2.45, 2.75) is 11.8 Å². The molecule has 1 aromatic heterocycles. The summed E-state index contributed by atoms with van der Waals surface area (Å²) in [7, 11) is 0. The molecular formula is C7H4BrClF2IN. The molecule has 0 atom stereocenters. The van der Waals surface area contributed by atoms with Gasteiger partial charge in [-0.3, -0.25) is 4.98 Å². The summed E-state index contributed by atoms with van der Waals surface area (Å²) in [6.45, 7) is 0. The summed E-state index contributed by atoms with van der Waals surface area (Å²) in [5.41, 5.74) is 0.117. The lowest BCUT2D eigenvalue weighted by Crippen LogP contribution is -1.98. The van der Waals surface area contributed by atoms with Crippen molar-refractivity contribution in [2.75, 3.05) is 0 Å². The number of halogens is 5. The van der Waals surface area contributed by atoms with Crippen molar-refractivity contribution in [1.82, 2.24) is 4.98 Å². The maximum absolute atomic E-state index is 12.4. The fourth-order valence-electron chi connectivity index (χ4n) is 0.833. The third kappa shape index (κ3) is 2.50. The van der Waals surface area contributed by atoms with E-state index in [9.17, 15) is 8.78 Å². The van der Waals surface area contributed by atoms with Gasteiger partial charge in [0.1, 0.15) is 5.69 Å². The third-order valence-corrected chi connectivity index (χ3v) is 3.57. The SMILES string of the molecule is FC(F)c1ncc(I)c(Cl)c1CBr. The van der Waals surface area contributed by atoms with Gasteiger partial charge in [0.25, 0.3) is 6.43 Å². The Morgan fingerprint density at radius 1 is 1.62 bits per heavy atom. The minimum atomic E-state index is -2.58. The molecule has 1 aromatic rings. The average molecular weight is 382 g/mol.